The number of phenols is 1. The Hall–Kier alpha value is -3.72. The number of hydrogen-bond donors (Lipinski definition) is 6. The number of carbonyl (C=O) groups is 1. The SMILES string of the molecule is CC(Cc1ccc2[nH]c(C(=O)NCc3ccccn3)cc2c1)NCC(O)c1ccc(O)c(CO)c1. The van der Waals surface area contributed by atoms with Gasteiger partial charge in [0.25, 0.3) is 5.91 Å². The van der Waals surface area contributed by atoms with Gasteiger partial charge in [0.1, 0.15) is 11.4 Å². The maximum atomic E-state index is 12.5. The van der Waals surface area contributed by atoms with E-state index < -0.39 is 6.10 Å². The molecule has 0 aliphatic heterocycles. The van der Waals surface area contributed by atoms with E-state index in [4.69, 9.17) is 0 Å². The summed E-state index contributed by atoms with van der Waals surface area (Å²) in [7, 11) is 0. The number of rotatable bonds is 10. The van der Waals surface area contributed by atoms with Crippen molar-refractivity contribution in [2.45, 2.75) is 38.6 Å². The molecule has 0 bridgehead atoms. The van der Waals surface area contributed by atoms with Gasteiger partial charge in [-0.2, -0.15) is 0 Å². The first-order chi connectivity index (χ1) is 16.9. The van der Waals surface area contributed by atoms with Gasteiger partial charge in [0.2, 0.25) is 0 Å². The number of fused-ring (bicyclic) bond motifs is 1. The number of carbonyl (C=O) groups excluding carboxylic acids is 1. The molecule has 8 nitrogen and oxygen atoms in total. The van der Waals surface area contributed by atoms with Crippen LogP contribution >= 0.6 is 0 Å². The van der Waals surface area contributed by atoms with Crippen LogP contribution in [0.4, 0.5) is 0 Å². The number of benzene rings is 2. The normalized spacial score (nSPS) is 13.0. The predicted octanol–water partition coefficient (Wildman–Crippen LogP) is 2.95. The fourth-order valence-electron chi connectivity index (χ4n) is 4.00. The van der Waals surface area contributed by atoms with E-state index >= 15 is 0 Å². The molecule has 0 saturated carbocycles. The average Bonchev–Trinajstić information content (AvgIpc) is 3.30. The molecule has 4 rings (SSSR count). The molecule has 2 aromatic heterocycles. The largest absolute Gasteiger partial charge is 0.508 e. The molecule has 2 heterocycles. The number of amides is 1. The van der Waals surface area contributed by atoms with Crippen LogP contribution in [0, 0.1) is 0 Å². The molecule has 0 fully saturated rings. The zero-order valence-electron chi connectivity index (χ0n) is 19.5. The summed E-state index contributed by atoms with van der Waals surface area (Å²) < 4.78 is 0. The van der Waals surface area contributed by atoms with Gasteiger partial charge in [-0.05, 0) is 66.9 Å². The number of hydrogen-bond acceptors (Lipinski definition) is 6. The molecule has 2 atom stereocenters. The minimum Gasteiger partial charge on any atom is -0.508 e. The van der Waals surface area contributed by atoms with Crippen LogP contribution in [0.25, 0.3) is 10.9 Å². The first-order valence-corrected chi connectivity index (χ1v) is 11.6. The molecule has 2 unspecified atom stereocenters. The number of pyridine rings is 1. The van der Waals surface area contributed by atoms with Crippen molar-refractivity contribution in [3.8, 4) is 5.75 Å². The number of aromatic hydroxyl groups is 1. The zero-order chi connectivity index (χ0) is 24.8. The maximum Gasteiger partial charge on any atom is 0.268 e. The summed E-state index contributed by atoms with van der Waals surface area (Å²) >= 11 is 0. The molecule has 0 spiro atoms. The Labute approximate surface area is 203 Å². The van der Waals surface area contributed by atoms with Crippen molar-refractivity contribution in [3.63, 3.8) is 0 Å². The molecule has 0 radical (unpaired) electrons. The third-order valence-electron chi connectivity index (χ3n) is 5.95. The summed E-state index contributed by atoms with van der Waals surface area (Å²) in [5.74, 6) is -0.172. The van der Waals surface area contributed by atoms with E-state index in [1.54, 1.807) is 18.3 Å². The topological polar surface area (TPSA) is 130 Å². The summed E-state index contributed by atoms with van der Waals surface area (Å²) in [6.07, 6.45) is 1.68. The molecule has 1 amide bonds. The van der Waals surface area contributed by atoms with Gasteiger partial charge in [-0.1, -0.05) is 18.2 Å². The summed E-state index contributed by atoms with van der Waals surface area (Å²) in [5.41, 5.74) is 4.32. The standard InChI is InChI=1S/C27H30N4O4/c1-17(29-15-26(34)19-6-8-25(33)21(12-19)16-32)10-18-5-7-23-20(11-18)13-24(31-23)27(35)30-14-22-4-2-3-9-28-22/h2-9,11-13,17,26,29,31-34H,10,14-16H2,1H3,(H,30,35). The van der Waals surface area contributed by atoms with Crippen molar-refractivity contribution in [1.29, 1.82) is 0 Å². The molecule has 6 N–H and O–H groups in total. The van der Waals surface area contributed by atoms with Crippen LogP contribution in [0.1, 0.15) is 45.9 Å². The van der Waals surface area contributed by atoms with Gasteiger partial charge in [0.15, 0.2) is 0 Å². The van der Waals surface area contributed by atoms with Crippen LogP contribution in [0.2, 0.25) is 0 Å². The lowest BCUT2D eigenvalue weighted by Gasteiger charge is -2.18. The van der Waals surface area contributed by atoms with Crippen molar-refractivity contribution in [2.75, 3.05) is 6.54 Å². The van der Waals surface area contributed by atoms with Gasteiger partial charge in [-0.15, -0.1) is 0 Å². The lowest BCUT2D eigenvalue weighted by atomic mass is 10.0. The van der Waals surface area contributed by atoms with E-state index in [0.29, 0.717) is 29.9 Å². The summed E-state index contributed by atoms with van der Waals surface area (Å²) in [6.45, 7) is 2.45. The van der Waals surface area contributed by atoms with Crippen molar-refractivity contribution in [1.82, 2.24) is 20.6 Å². The molecular weight excluding hydrogens is 444 g/mol. The second-order valence-corrected chi connectivity index (χ2v) is 8.68. The molecular formula is C27H30N4O4. The van der Waals surface area contributed by atoms with Gasteiger partial charge in [-0.25, -0.2) is 0 Å². The van der Waals surface area contributed by atoms with E-state index in [2.05, 4.69) is 26.7 Å². The highest BCUT2D eigenvalue weighted by Crippen LogP contribution is 2.23. The van der Waals surface area contributed by atoms with Crippen molar-refractivity contribution in [2.24, 2.45) is 0 Å². The van der Waals surface area contributed by atoms with E-state index in [0.717, 1.165) is 28.6 Å². The van der Waals surface area contributed by atoms with Gasteiger partial charge in [0.05, 0.1) is 24.9 Å². The first kappa shape index (κ1) is 24.4. The zero-order valence-corrected chi connectivity index (χ0v) is 19.5. The Morgan fingerprint density at radius 1 is 1.11 bits per heavy atom. The average molecular weight is 475 g/mol. The Bertz CT molecular complexity index is 1290. The fourth-order valence-corrected chi connectivity index (χ4v) is 4.00. The highest BCUT2D eigenvalue weighted by atomic mass is 16.3. The third kappa shape index (κ3) is 6.24. The summed E-state index contributed by atoms with van der Waals surface area (Å²) in [5, 5.41) is 36.7. The van der Waals surface area contributed by atoms with Crippen LogP contribution < -0.4 is 10.6 Å². The van der Waals surface area contributed by atoms with Crippen LogP contribution in [0.5, 0.6) is 5.75 Å². The number of H-pyrrole nitrogens is 1. The molecule has 4 aromatic rings. The molecule has 2 aromatic carbocycles. The highest BCUT2D eigenvalue weighted by molar-refractivity contribution is 5.98. The van der Waals surface area contributed by atoms with Gasteiger partial charge >= 0.3 is 0 Å². The molecule has 8 heteroatoms. The molecule has 0 saturated heterocycles. The molecule has 0 aliphatic rings. The van der Waals surface area contributed by atoms with E-state index in [1.807, 2.05) is 43.3 Å². The van der Waals surface area contributed by atoms with Gasteiger partial charge in [0, 0.05) is 35.2 Å². The Kier molecular flexibility index (Phi) is 7.77. The smallest absolute Gasteiger partial charge is 0.268 e. The third-order valence-corrected chi connectivity index (χ3v) is 5.95. The molecule has 0 aliphatic carbocycles. The number of aromatic nitrogens is 2. The minimum absolute atomic E-state index is 0.0127. The lowest BCUT2D eigenvalue weighted by Crippen LogP contribution is -2.32. The number of nitrogens with zero attached hydrogens (tertiary/aromatic N) is 1. The highest BCUT2D eigenvalue weighted by Gasteiger charge is 2.14. The summed E-state index contributed by atoms with van der Waals surface area (Å²) in [6, 6.07) is 18.3. The Balaban J connectivity index is 1.33. The Morgan fingerprint density at radius 2 is 1.97 bits per heavy atom. The van der Waals surface area contributed by atoms with Crippen LogP contribution in [0.15, 0.2) is 66.9 Å². The maximum absolute atomic E-state index is 12.5. The number of aliphatic hydroxyl groups is 2. The Morgan fingerprint density at radius 3 is 2.74 bits per heavy atom. The van der Waals surface area contributed by atoms with Crippen molar-refractivity contribution >= 4 is 16.8 Å². The van der Waals surface area contributed by atoms with E-state index in [1.165, 1.54) is 6.07 Å². The monoisotopic (exact) mass is 474 g/mol. The lowest BCUT2D eigenvalue weighted by molar-refractivity contribution is 0.0946. The molecule has 182 valence electrons. The quantitative estimate of drug-likeness (QED) is 0.210. The van der Waals surface area contributed by atoms with Crippen molar-refractivity contribution < 1.29 is 20.1 Å². The second-order valence-electron chi connectivity index (χ2n) is 8.68. The van der Waals surface area contributed by atoms with Gasteiger partial charge in [-0.3, -0.25) is 9.78 Å². The number of aromatic amines is 1. The minimum atomic E-state index is -0.761. The van der Waals surface area contributed by atoms with Crippen LogP contribution in [-0.2, 0) is 19.6 Å². The second kappa shape index (κ2) is 11.1. The van der Waals surface area contributed by atoms with E-state index in [-0.39, 0.29) is 24.3 Å². The fraction of sp³-hybridized carbons (Fsp3) is 0.259. The number of nitrogens with one attached hydrogen (secondary N) is 3. The number of aliphatic hydroxyl groups excluding tert-OH is 2. The first-order valence-electron chi connectivity index (χ1n) is 11.6. The predicted molar refractivity (Wildman–Crippen MR) is 134 cm³/mol. The molecule has 35 heavy (non-hydrogen) atoms. The van der Waals surface area contributed by atoms with Crippen molar-refractivity contribution in [3.05, 3.63) is 94.9 Å². The van der Waals surface area contributed by atoms with Crippen LogP contribution in [0.3, 0.4) is 0 Å². The van der Waals surface area contributed by atoms with Gasteiger partial charge < -0.3 is 30.9 Å². The van der Waals surface area contributed by atoms with Crippen LogP contribution in [-0.4, -0.2) is 43.8 Å². The van der Waals surface area contributed by atoms with E-state index in [9.17, 15) is 20.1 Å². The summed E-state index contributed by atoms with van der Waals surface area (Å²) in [4.78, 5) is 19.9.